The molecule has 2 N–H and O–H groups in total. The number of amides is 2. The van der Waals surface area contributed by atoms with E-state index in [4.69, 9.17) is 16.3 Å². The Bertz CT molecular complexity index is 784. The lowest BCUT2D eigenvalue weighted by Gasteiger charge is -2.10. The molecule has 6 nitrogen and oxygen atoms in total. The minimum Gasteiger partial charge on any atom is -0.492 e. The summed E-state index contributed by atoms with van der Waals surface area (Å²) in [6, 6.07) is 12.0. The van der Waals surface area contributed by atoms with Gasteiger partial charge in [0.1, 0.15) is 5.75 Å². The smallest absolute Gasteiger partial charge is 0.337 e. The molecule has 0 radical (unpaired) electrons. The summed E-state index contributed by atoms with van der Waals surface area (Å²) in [4.78, 5) is 23.2. The van der Waals surface area contributed by atoms with Crippen LogP contribution in [-0.4, -0.2) is 32.3 Å². The molecule has 8 heteroatoms. The number of rotatable bonds is 8. The maximum Gasteiger partial charge on any atom is 0.337 e. The van der Waals surface area contributed by atoms with Gasteiger partial charge < -0.3 is 20.1 Å². The lowest BCUT2D eigenvalue weighted by molar-refractivity contribution is 0.0600. The summed E-state index contributed by atoms with van der Waals surface area (Å²) in [6.45, 7) is 1.27. The van der Waals surface area contributed by atoms with Crippen LogP contribution in [-0.2, 0) is 11.3 Å². The van der Waals surface area contributed by atoms with E-state index in [0.29, 0.717) is 42.5 Å². The van der Waals surface area contributed by atoms with Crippen molar-refractivity contribution in [2.45, 2.75) is 13.0 Å². The molecule has 0 spiro atoms. The minimum absolute atomic E-state index is 0.270. The van der Waals surface area contributed by atoms with Crippen molar-refractivity contribution in [1.29, 1.82) is 0 Å². The fourth-order valence-electron chi connectivity index (χ4n) is 2.17. The Morgan fingerprint density at radius 2 is 1.85 bits per heavy atom. The molecule has 0 aromatic heterocycles. The van der Waals surface area contributed by atoms with Gasteiger partial charge in [-0.05, 0) is 42.3 Å². The maximum atomic E-state index is 11.8. The van der Waals surface area contributed by atoms with E-state index in [2.05, 4.69) is 31.3 Å². The van der Waals surface area contributed by atoms with E-state index < -0.39 is 0 Å². The zero-order chi connectivity index (χ0) is 19.6. The van der Waals surface area contributed by atoms with Crippen LogP contribution in [0.25, 0.3) is 0 Å². The van der Waals surface area contributed by atoms with Crippen LogP contribution in [0.4, 0.5) is 4.79 Å². The molecule has 0 aliphatic rings. The van der Waals surface area contributed by atoms with Gasteiger partial charge >= 0.3 is 12.0 Å². The molecular formula is C19H20BrClN2O4. The van der Waals surface area contributed by atoms with Gasteiger partial charge in [0.15, 0.2) is 0 Å². The van der Waals surface area contributed by atoms with Crippen molar-refractivity contribution in [3.63, 3.8) is 0 Å². The number of nitrogens with one attached hydrogen (secondary N) is 2. The first-order valence-corrected chi connectivity index (χ1v) is 9.43. The van der Waals surface area contributed by atoms with Crippen LogP contribution in [0.3, 0.4) is 0 Å². The van der Waals surface area contributed by atoms with E-state index in [0.717, 1.165) is 10.0 Å². The number of esters is 1. The van der Waals surface area contributed by atoms with Crippen molar-refractivity contribution in [2.75, 3.05) is 20.3 Å². The van der Waals surface area contributed by atoms with E-state index in [9.17, 15) is 9.59 Å². The highest BCUT2D eigenvalue weighted by molar-refractivity contribution is 9.10. The number of methoxy groups -OCH3 is 1. The van der Waals surface area contributed by atoms with Gasteiger partial charge in [-0.3, -0.25) is 0 Å². The van der Waals surface area contributed by atoms with Crippen LogP contribution in [0.15, 0.2) is 46.9 Å². The normalized spacial score (nSPS) is 10.2. The predicted molar refractivity (Wildman–Crippen MR) is 107 cm³/mol. The van der Waals surface area contributed by atoms with E-state index in [1.165, 1.54) is 7.11 Å². The Morgan fingerprint density at radius 1 is 1.11 bits per heavy atom. The van der Waals surface area contributed by atoms with Gasteiger partial charge in [0, 0.05) is 17.6 Å². The molecule has 2 amide bonds. The van der Waals surface area contributed by atoms with E-state index in [-0.39, 0.29) is 12.0 Å². The molecule has 27 heavy (non-hydrogen) atoms. The number of halogens is 2. The third-order valence-electron chi connectivity index (χ3n) is 3.59. The molecule has 0 fully saturated rings. The summed E-state index contributed by atoms with van der Waals surface area (Å²) in [5, 5.41) is 6.04. The molecule has 0 saturated heterocycles. The average Bonchev–Trinajstić information content (AvgIpc) is 2.67. The van der Waals surface area contributed by atoms with E-state index in [1.54, 1.807) is 36.4 Å². The lowest BCUT2D eigenvalue weighted by atomic mass is 10.1. The Labute approximate surface area is 171 Å². The first-order chi connectivity index (χ1) is 13.0. The molecule has 0 aliphatic carbocycles. The maximum absolute atomic E-state index is 11.8. The monoisotopic (exact) mass is 454 g/mol. The number of hydrogen-bond acceptors (Lipinski definition) is 4. The predicted octanol–water partition coefficient (Wildman–Crippen LogP) is 4.16. The molecule has 0 saturated carbocycles. The van der Waals surface area contributed by atoms with Gasteiger partial charge in [-0.15, -0.1) is 0 Å². The third-order valence-corrected chi connectivity index (χ3v) is 4.37. The summed E-state index contributed by atoms with van der Waals surface area (Å²) in [6.07, 6.45) is 0.646. The molecule has 144 valence electrons. The van der Waals surface area contributed by atoms with Gasteiger partial charge in [0.2, 0.25) is 0 Å². The van der Waals surface area contributed by atoms with Crippen LogP contribution in [0, 0.1) is 0 Å². The van der Waals surface area contributed by atoms with Gasteiger partial charge in [-0.2, -0.15) is 0 Å². The Hall–Kier alpha value is -2.25. The second-order valence-corrected chi connectivity index (χ2v) is 6.90. The fourth-order valence-corrected chi connectivity index (χ4v) is 2.90. The third kappa shape index (κ3) is 7.11. The molecule has 0 aliphatic heterocycles. The molecule has 2 aromatic carbocycles. The molecule has 0 bridgehead atoms. The van der Waals surface area contributed by atoms with Gasteiger partial charge in [-0.1, -0.05) is 39.7 Å². The van der Waals surface area contributed by atoms with Gasteiger partial charge in [0.05, 0.1) is 24.3 Å². The van der Waals surface area contributed by atoms with Gasteiger partial charge in [0.25, 0.3) is 0 Å². The van der Waals surface area contributed by atoms with Crippen LogP contribution in [0.5, 0.6) is 5.75 Å². The highest BCUT2D eigenvalue weighted by Gasteiger charge is 2.06. The number of carbonyl (C=O) groups is 2. The second-order valence-electron chi connectivity index (χ2n) is 5.57. The number of carbonyl (C=O) groups excluding carboxylic acids is 2. The average molecular weight is 456 g/mol. The molecular weight excluding hydrogens is 436 g/mol. The van der Waals surface area contributed by atoms with Crippen LogP contribution in [0.2, 0.25) is 5.02 Å². The Kier molecular flexibility index (Phi) is 8.42. The van der Waals surface area contributed by atoms with Crippen molar-refractivity contribution in [3.05, 3.63) is 63.1 Å². The summed E-state index contributed by atoms with van der Waals surface area (Å²) >= 11 is 9.40. The van der Waals surface area contributed by atoms with Crippen molar-refractivity contribution >= 4 is 39.5 Å². The molecule has 0 atom stereocenters. The minimum atomic E-state index is -0.390. The quantitative estimate of drug-likeness (QED) is 0.463. The highest BCUT2D eigenvalue weighted by atomic mass is 79.9. The first-order valence-electron chi connectivity index (χ1n) is 8.26. The van der Waals surface area contributed by atoms with E-state index >= 15 is 0 Å². The Morgan fingerprint density at radius 3 is 2.52 bits per heavy atom. The summed E-state index contributed by atoms with van der Waals surface area (Å²) in [5.74, 6) is 0.221. The van der Waals surface area contributed by atoms with Crippen molar-refractivity contribution in [1.82, 2.24) is 10.6 Å². The van der Waals surface area contributed by atoms with E-state index in [1.807, 2.05) is 6.07 Å². The fraction of sp³-hybridized carbons (Fsp3) is 0.263. The summed E-state index contributed by atoms with van der Waals surface area (Å²) < 4.78 is 11.1. The molecule has 0 heterocycles. The van der Waals surface area contributed by atoms with Gasteiger partial charge in [-0.25, -0.2) is 9.59 Å². The highest BCUT2D eigenvalue weighted by Crippen LogP contribution is 2.27. The first kappa shape index (κ1) is 21.1. The molecule has 0 unspecified atom stereocenters. The summed E-state index contributed by atoms with van der Waals surface area (Å²) in [5.41, 5.74) is 1.35. The van der Waals surface area contributed by atoms with Crippen LogP contribution >= 0.6 is 27.5 Å². The topological polar surface area (TPSA) is 76.7 Å². The van der Waals surface area contributed by atoms with Crippen molar-refractivity contribution < 1.29 is 19.1 Å². The zero-order valence-electron chi connectivity index (χ0n) is 14.8. The molecule has 2 rings (SSSR count). The largest absolute Gasteiger partial charge is 0.492 e. The van der Waals surface area contributed by atoms with Crippen LogP contribution < -0.4 is 15.4 Å². The van der Waals surface area contributed by atoms with Crippen molar-refractivity contribution in [3.8, 4) is 5.75 Å². The number of ether oxygens (including phenoxy) is 2. The van der Waals surface area contributed by atoms with Crippen molar-refractivity contribution in [2.24, 2.45) is 0 Å². The lowest BCUT2D eigenvalue weighted by Crippen LogP contribution is -2.36. The number of urea groups is 1. The zero-order valence-corrected chi connectivity index (χ0v) is 17.1. The van der Waals surface area contributed by atoms with Crippen LogP contribution in [0.1, 0.15) is 22.3 Å². The standard InChI is InChI=1S/C19H20BrClN2O4/c1-26-18(24)14-5-3-13(4-6-14)12-23-19(25)22-9-2-10-27-17-8-7-15(20)11-16(17)21/h3-8,11H,2,9-10,12H2,1H3,(H2,22,23,25). The number of benzene rings is 2. The number of hydrogen-bond donors (Lipinski definition) is 2. The molecule has 2 aromatic rings. The SMILES string of the molecule is COC(=O)c1ccc(CNC(=O)NCCCOc2ccc(Br)cc2Cl)cc1. The summed E-state index contributed by atoms with van der Waals surface area (Å²) in [7, 11) is 1.33. The Balaban J connectivity index is 1.62. The second kappa shape index (κ2) is 10.8.